The summed E-state index contributed by atoms with van der Waals surface area (Å²) >= 11 is 7.86. The van der Waals surface area contributed by atoms with Crippen LogP contribution < -0.4 is 5.32 Å². The molecule has 0 spiro atoms. The Labute approximate surface area is 145 Å². The number of halogens is 1. The molecule has 1 aliphatic carbocycles. The molecule has 1 aromatic heterocycles. The van der Waals surface area contributed by atoms with Crippen molar-refractivity contribution < 1.29 is 4.79 Å². The lowest BCUT2D eigenvalue weighted by Crippen LogP contribution is -2.24. The van der Waals surface area contributed by atoms with Crippen LogP contribution in [-0.4, -0.2) is 16.1 Å². The van der Waals surface area contributed by atoms with Crippen LogP contribution in [0.3, 0.4) is 0 Å². The molecule has 0 bridgehead atoms. The van der Waals surface area contributed by atoms with Gasteiger partial charge in [0.15, 0.2) is 0 Å². The molecule has 0 unspecified atom stereocenters. The van der Waals surface area contributed by atoms with Gasteiger partial charge in [0.05, 0.1) is 5.56 Å². The molecule has 120 valence electrons. The van der Waals surface area contributed by atoms with Crippen LogP contribution in [0.25, 0.3) is 0 Å². The van der Waals surface area contributed by atoms with Gasteiger partial charge in [-0.3, -0.25) is 4.79 Å². The highest BCUT2D eigenvalue weighted by Crippen LogP contribution is 2.35. The standard InChI is InChI=1S/C18H19ClN2OS/c19-16-10-4-1-6-13(16)12-21-17(22)15-9-5-11-20-18(15)23-14-7-2-3-8-14/h1,4-6,9-11,14H,2-3,7-8,12H2,(H,21,22). The van der Waals surface area contributed by atoms with Crippen LogP contribution in [0.4, 0.5) is 0 Å². The predicted molar refractivity (Wildman–Crippen MR) is 95.0 cm³/mol. The smallest absolute Gasteiger partial charge is 0.254 e. The summed E-state index contributed by atoms with van der Waals surface area (Å²) < 4.78 is 0. The number of hydrogen-bond donors (Lipinski definition) is 1. The first-order valence-electron chi connectivity index (χ1n) is 7.87. The van der Waals surface area contributed by atoms with E-state index in [0.29, 0.717) is 22.4 Å². The summed E-state index contributed by atoms with van der Waals surface area (Å²) in [7, 11) is 0. The van der Waals surface area contributed by atoms with Gasteiger partial charge in [0, 0.05) is 23.0 Å². The van der Waals surface area contributed by atoms with Crippen LogP contribution in [0.15, 0.2) is 47.6 Å². The quantitative estimate of drug-likeness (QED) is 0.853. The van der Waals surface area contributed by atoms with E-state index in [9.17, 15) is 4.79 Å². The fourth-order valence-electron chi connectivity index (χ4n) is 2.73. The van der Waals surface area contributed by atoms with Crippen LogP contribution in [-0.2, 0) is 6.54 Å². The molecular weight excluding hydrogens is 328 g/mol. The molecule has 23 heavy (non-hydrogen) atoms. The molecule has 3 rings (SSSR count). The van der Waals surface area contributed by atoms with Gasteiger partial charge in [-0.05, 0) is 36.6 Å². The molecule has 1 heterocycles. The number of carbonyl (C=O) groups excluding carboxylic acids is 1. The number of nitrogens with zero attached hydrogens (tertiary/aromatic N) is 1. The maximum Gasteiger partial charge on any atom is 0.254 e. The molecule has 0 atom stereocenters. The van der Waals surface area contributed by atoms with Crippen molar-refractivity contribution in [2.24, 2.45) is 0 Å². The van der Waals surface area contributed by atoms with E-state index in [-0.39, 0.29) is 5.91 Å². The molecule has 1 N–H and O–H groups in total. The molecule has 1 amide bonds. The summed E-state index contributed by atoms with van der Waals surface area (Å²) in [6, 6.07) is 11.2. The lowest BCUT2D eigenvalue weighted by atomic mass is 10.2. The number of pyridine rings is 1. The maximum atomic E-state index is 12.5. The van der Waals surface area contributed by atoms with Crippen molar-refractivity contribution in [3.63, 3.8) is 0 Å². The van der Waals surface area contributed by atoms with E-state index in [0.717, 1.165) is 10.6 Å². The lowest BCUT2D eigenvalue weighted by molar-refractivity contribution is 0.0947. The molecule has 5 heteroatoms. The van der Waals surface area contributed by atoms with Crippen LogP contribution in [0.5, 0.6) is 0 Å². The molecule has 0 saturated heterocycles. The predicted octanol–water partition coefficient (Wildman–Crippen LogP) is 4.70. The number of hydrogen-bond acceptors (Lipinski definition) is 3. The summed E-state index contributed by atoms with van der Waals surface area (Å²) in [6.45, 7) is 0.418. The van der Waals surface area contributed by atoms with Gasteiger partial charge < -0.3 is 5.32 Å². The molecule has 1 fully saturated rings. The van der Waals surface area contributed by atoms with Gasteiger partial charge in [-0.15, -0.1) is 11.8 Å². The number of rotatable bonds is 5. The molecule has 0 aliphatic heterocycles. The van der Waals surface area contributed by atoms with Crippen molar-refractivity contribution in [2.45, 2.75) is 42.5 Å². The van der Waals surface area contributed by atoms with Crippen LogP contribution in [0.1, 0.15) is 41.6 Å². The summed E-state index contributed by atoms with van der Waals surface area (Å²) in [5.74, 6) is -0.0986. The van der Waals surface area contributed by atoms with Crippen molar-refractivity contribution in [2.75, 3.05) is 0 Å². The van der Waals surface area contributed by atoms with Crippen molar-refractivity contribution in [3.8, 4) is 0 Å². The van der Waals surface area contributed by atoms with Gasteiger partial charge in [0.25, 0.3) is 5.91 Å². The largest absolute Gasteiger partial charge is 0.348 e. The van der Waals surface area contributed by atoms with Crippen LogP contribution in [0, 0.1) is 0 Å². The number of nitrogens with one attached hydrogen (secondary N) is 1. The second-order valence-corrected chi connectivity index (χ2v) is 7.35. The lowest BCUT2D eigenvalue weighted by Gasteiger charge is -2.12. The SMILES string of the molecule is O=C(NCc1ccccc1Cl)c1cccnc1SC1CCCC1. The van der Waals surface area contributed by atoms with E-state index in [2.05, 4.69) is 10.3 Å². The van der Waals surface area contributed by atoms with Gasteiger partial charge in [0.2, 0.25) is 0 Å². The summed E-state index contributed by atoms with van der Waals surface area (Å²) in [4.78, 5) is 16.9. The average Bonchev–Trinajstić information content (AvgIpc) is 3.07. The third-order valence-electron chi connectivity index (χ3n) is 3.99. The normalized spacial score (nSPS) is 14.8. The Balaban J connectivity index is 1.68. The van der Waals surface area contributed by atoms with E-state index in [4.69, 9.17) is 11.6 Å². The highest BCUT2D eigenvalue weighted by molar-refractivity contribution is 7.99. The molecule has 1 aliphatic rings. The summed E-state index contributed by atoms with van der Waals surface area (Å²) in [5.41, 5.74) is 1.56. The number of thioether (sulfide) groups is 1. The third-order valence-corrected chi connectivity index (χ3v) is 5.72. The fraction of sp³-hybridized carbons (Fsp3) is 0.333. The van der Waals surface area contributed by atoms with E-state index in [1.54, 1.807) is 18.0 Å². The molecule has 2 aromatic rings. The third kappa shape index (κ3) is 4.27. The Morgan fingerprint density at radius 2 is 2.00 bits per heavy atom. The zero-order valence-corrected chi connectivity index (χ0v) is 14.4. The zero-order chi connectivity index (χ0) is 16.1. The molecule has 1 aromatic carbocycles. The second kappa shape index (κ2) is 7.84. The Hall–Kier alpha value is -1.52. The Morgan fingerprint density at radius 1 is 1.22 bits per heavy atom. The first-order chi connectivity index (χ1) is 11.2. The topological polar surface area (TPSA) is 42.0 Å². The average molecular weight is 347 g/mol. The number of carbonyl (C=O) groups is 1. The second-order valence-electron chi connectivity index (χ2n) is 5.65. The Morgan fingerprint density at radius 3 is 2.78 bits per heavy atom. The highest BCUT2D eigenvalue weighted by Gasteiger charge is 2.20. The van der Waals surface area contributed by atoms with Gasteiger partial charge in [0.1, 0.15) is 5.03 Å². The minimum atomic E-state index is -0.0986. The number of aromatic nitrogens is 1. The van der Waals surface area contributed by atoms with Crippen molar-refractivity contribution in [3.05, 3.63) is 58.7 Å². The Bertz CT molecular complexity index is 686. The number of amides is 1. The first-order valence-corrected chi connectivity index (χ1v) is 9.13. The van der Waals surface area contributed by atoms with Crippen LogP contribution in [0.2, 0.25) is 5.02 Å². The van der Waals surface area contributed by atoms with Crippen molar-refractivity contribution in [1.29, 1.82) is 0 Å². The molecule has 1 saturated carbocycles. The summed E-state index contributed by atoms with van der Waals surface area (Å²) in [6.07, 6.45) is 6.73. The van der Waals surface area contributed by atoms with Gasteiger partial charge in [-0.1, -0.05) is 42.6 Å². The van der Waals surface area contributed by atoms with Gasteiger partial charge in [-0.25, -0.2) is 4.98 Å². The van der Waals surface area contributed by atoms with Gasteiger partial charge in [-0.2, -0.15) is 0 Å². The van der Waals surface area contributed by atoms with E-state index >= 15 is 0 Å². The molecular formula is C18H19ClN2OS. The van der Waals surface area contributed by atoms with Crippen molar-refractivity contribution >= 4 is 29.3 Å². The fourth-order valence-corrected chi connectivity index (χ4v) is 4.23. The van der Waals surface area contributed by atoms with E-state index in [1.807, 2.05) is 36.4 Å². The van der Waals surface area contributed by atoms with Gasteiger partial charge >= 0.3 is 0 Å². The highest BCUT2D eigenvalue weighted by atomic mass is 35.5. The van der Waals surface area contributed by atoms with Crippen molar-refractivity contribution in [1.82, 2.24) is 10.3 Å². The first kappa shape index (κ1) is 16.3. The maximum absolute atomic E-state index is 12.5. The summed E-state index contributed by atoms with van der Waals surface area (Å²) in [5, 5.41) is 5.02. The van der Waals surface area contributed by atoms with E-state index < -0.39 is 0 Å². The van der Waals surface area contributed by atoms with E-state index in [1.165, 1.54) is 25.7 Å². The van der Waals surface area contributed by atoms with Crippen LogP contribution >= 0.6 is 23.4 Å². The molecule has 3 nitrogen and oxygen atoms in total. The molecule has 0 radical (unpaired) electrons. The minimum absolute atomic E-state index is 0.0986. The zero-order valence-electron chi connectivity index (χ0n) is 12.8. The Kier molecular flexibility index (Phi) is 5.57. The minimum Gasteiger partial charge on any atom is -0.348 e. The number of benzene rings is 1. The monoisotopic (exact) mass is 346 g/mol.